The molecule has 0 bridgehead atoms. The predicted octanol–water partition coefficient (Wildman–Crippen LogP) is 2.42. The number of rotatable bonds is 3. The molecular formula is C12H11ClFN3O2. The summed E-state index contributed by atoms with van der Waals surface area (Å²) in [4.78, 5) is 15.5. The van der Waals surface area contributed by atoms with Crippen LogP contribution in [-0.2, 0) is 4.74 Å². The Labute approximate surface area is 113 Å². The van der Waals surface area contributed by atoms with E-state index < -0.39 is 11.8 Å². The summed E-state index contributed by atoms with van der Waals surface area (Å²) in [5.41, 5.74) is 6.26. The smallest absolute Gasteiger partial charge is 0.360 e. The molecule has 7 heteroatoms. The maximum Gasteiger partial charge on any atom is 0.360 e. The van der Waals surface area contributed by atoms with Gasteiger partial charge in [0.2, 0.25) is 0 Å². The number of aromatic nitrogens is 2. The molecule has 0 fully saturated rings. The number of carbonyl (C=O) groups is 1. The number of hydrogen-bond donors (Lipinski definition) is 1. The number of carbonyl (C=O) groups excluding carboxylic acids is 1. The Bertz CT molecular complexity index is 627. The van der Waals surface area contributed by atoms with Crippen LogP contribution < -0.4 is 5.73 Å². The first-order chi connectivity index (χ1) is 9.04. The first kappa shape index (κ1) is 13.4. The highest BCUT2D eigenvalue weighted by Gasteiger charge is 2.18. The van der Waals surface area contributed by atoms with Gasteiger partial charge in [-0.3, -0.25) is 4.57 Å². The Kier molecular flexibility index (Phi) is 3.71. The standard InChI is InChI=1S/C12H11ClFN3O2/c1-2-19-12(18)10-11(15)17(6-16-10)9-4-3-7(14)5-8(9)13/h3-6H,2,15H2,1H3. The summed E-state index contributed by atoms with van der Waals surface area (Å²) in [6.45, 7) is 1.91. The molecule has 0 aliphatic heterocycles. The van der Waals surface area contributed by atoms with E-state index in [0.29, 0.717) is 5.69 Å². The average Bonchev–Trinajstić information content (AvgIpc) is 2.72. The van der Waals surface area contributed by atoms with Crippen LogP contribution in [0.15, 0.2) is 24.5 Å². The molecule has 0 atom stereocenters. The van der Waals surface area contributed by atoms with Gasteiger partial charge in [0.05, 0.1) is 17.3 Å². The molecule has 2 rings (SSSR count). The van der Waals surface area contributed by atoms with Crippen molar-refractivity contribution in [3.63, 3.8) is 0 Å². The van der Waals surface area contributed by atoms with E-state index in [0.717, 1.165) is 6.07 Å². The summed E-state index contributed by atoms with van der Waals surface area (Å²) in [6.07, 6.45) is 1.33. The Balaban J connectivity index is 2.44. The second kappa shape index (κ2) is 5.27. The molecule has 0 radical (unpaired) electrons. The molecule has 0 aliphatic carbocycles. The fourth-order valence-electron chi connectivity index (χ4n) is 1.58. The van der Waals surface area contributed by atoms with E-state index >= 15 is 0 Å². The molecule has 5 nitrogen and oxygen atoms in total. The van der Waals surface area contributed by atoms with Gasteiger partial charge < -0.3 is 10.5 Å². The largest absolute Gasteiger partial charge is 0.461 e. The third kappa shape index (κ3) is 2.53. The van der Waals surface area contributed by atoms with Gasteiger partial charge >= 0.3 is 5.97 Å². The number of halogens is 2. The highest BCUT2D eigenvalue weighted by atomic mass is 35.5. The van der Waals surface area contributed by atoms with Crippen molar-refractivity contribution in [2.75, 3.05) is 12.3 Å². The normalized spacial score (nSPS) is 10.5. The molecule has 100 valence electrons. The molecular weight excluding hydrogens is 273 g/mol. The molecule has 1 aromatic carbocycles. The molecule has 0 unspecified atom stereocenters. The highest BCUT2D eigenvalue weighted by molar-refractivity contribution is 6.32. The zero-order chi connectivity index (χ0) is 14.0. The van der Waals surface area contributed by atoms with Gasteiger partial charge in [-0.15, -0.1) is 0 Å². The Morgan fingerprint density at radius 3 is 2.95 bits per heavy atom. The Morgan fingerprint density at radius 1 is 1.58 bits per heavy atom. The van der Waals surface area contributed by atoms with Crippen LogP contribution in [0.4, 0.5) is 10.2 Å². The number of nitrogens with zero attached hydrogens (tertiary/aromatic N) is 2. The van der Waals surface area contributed by atoms with E-state index in [9.17, 15) is 9.18 Å². The molecule has 0 amide bonds. The molecule has 0 aliphatic rings. The summed E-state index contributed by atoms with van der Waals surface area (Å²) >= 11 is 5.93. The quantitative estimate of drug-likeness (QED) is 0.878. The second-order valence-electron chi connectivity index (χ2n) is 3.66. The van der Waals surface area contributed by atoms with Crippen molar-refractivity contribution >= 4 is 23.4 Å². The van der Waals surface area contributed by atoms with E-state index in [-0.39, 0.29) is 23.1 Å². The molecule has 2 N–H and O–H groups in total. The fraction of sp³-hybridized carbons (Fsp3) is 0.167. The lowest BCUT2D eigenvalue weighted by molar-refractivity contribution is 0.0521. The van der Waals surface area contributed by atoms with Crippen LogP contribution in [-0.4, -0.2) is 22.1 Å². The van der Waals surface area contributed by atoms with Crippen molar-refractivity contribution < 1.29 is 13.9 Å². The van der Waals surface area contributed by atoms with E-state index in [1.807, 2.05) is 0 Å². The van der Waals surface area contributed by atoms with Crippen LogP contribution in [0.3, 0.4) is 0 Å². The van der Waals surface area contributed by atoms with Gasteiger partial charge in [-0.25, -0.2) is 14.2 Å². The van der Waals surface area contributed by atoms with Gasteiger partial charge in [0.25, 0.3) is 0 Å². The van der Waals surface area contributed by atoms with Crippen LogP contribution in [0.5, 0.6) is 0 Å². The average molecular weight is 284 g/mol. The summed E-state index contributed by atoms with van der Waals surface area (Å²) in [7, 11) is 0. The lowest BCUT2D eigenvalue weighted by atomic mass is 10.3. The maximum absolute atomic E-state index is 13.0. The van der Waals surface area contributed by atoms with Crippen LogP contribution in [0, 0.1) is 5.82 Å². The summed E-state index contributed by atoms with van der Waals surface area (Å²) < 4.78 is 19.2. The van der Waals surface area contributed by atoms with Crippen molar-refractivity contribution in [2.24, 2.45) is 0 Å². The molecule has 0 saturated carbocycles. The Morgan fingerprint density at radius 2 is 2.32 bits per heavy atom. The SMILES string of the molecule is CCOC(=O)c1ncn(-c2ccc(F)cc2Cl)c1N. The van der Waals surface area contributed by atoms with Crippen LogP contribution in [0.1, 0.15) is 17.4 Å². The minimum Gasteiger partial charge on any atom is -0.461 e. The third-order valence-electron chi connectivity index (χ3n) is 2.44. The first-order valence-corrected chi connectivity index (χ1v) is 5.87. The summed E-state index contributed by atoms with van der Waals surface area (Å²) in [6, 6.07) is 3.84. The minimum atomic E-state index is -0.614. The van der Waals surface area contributed by atoms with Crippen LogP contribution in [0.2, 0.25) is 5.02 Å². The highest BCUT2D eigenvalue weighted by Crippen LogP contribution is 2.25. The number of nitrogens with two attached hydrogens (primary N) is 1. The van der Waals surface area contributed by atoms with E-state index in [1.165, 1.54) is 23.0 Å². The molecule has 2 aromatic rings. The van der Waals surface area contributed by atoms with Gasteiger partial charge in [-0.2, -0.15) is 0 Å². The van der Waals surface area contributed by atoms with Crippen molar-refractivity contribution in [1.29, 1.82) is 0 Å². The van der Waals surface area contributed by atoms with Crippen molar-refractivity contribution in [1.82, 2.24) is 9.55 Å². The molecule has 1 heterocycles. The van der Waals surface area contributed by atoms with Crippen LogP contribution in [0.25, 0.3) is 5.69 Å². The monoisotopic (exact) mass is 283 g/mol. The van der Waals surface area contributed by atoms with E-state index in [4.69, 9.17) is 22.1 Å². The minimum absolute atomic E-state index is 0.00208. The Hall–Kier alpha value is -2.08. The van der Waals surface area contributed by atoms with Gasteiger partial charge in [0.15, 0.2) is 5.69 Å². The predicted molar refractivity (Wildman–Crippen MR) is 68.9 cm³/mol. The molecule has 0 spiro atoms. The van der Waals surface area contributed by atoms with Gasteiger partial charge in [-0.1, -0.05) is 11.6 Å². The number of benzene rings is 1. The van der Waals surface area contributed by atoms with Gasteiger partial charge in [-0.05, 0) is 25.1 Å². The number of imidazole rings is 1. The lowest BCUT2D eigenvalue weighted by Crippen LogP contribution is -2.09. The van der Waals surface area contributed by atoms with E-state index in [2.05, 4.69) is 4.98 Å². The van der Waals surface area contributed by atoms with Gasteiger partial charge in [0.1, 0.15) is 18.0 Å². The maximum atomic E-state index is 13.0. The zero-order valence-corrected chi connectivity index (χ0v) is 10.8. The van der Waals surface area contributed by atoms with Crippen LogP contribution >= 0.6 is 11.6 Å². The number of ether oxygens (including phenoxy) is 1. The summed E-state index contributed by atoms with van der Waals surface area (Å²) in [5.74, 6) is -0.984. The van der Waals surface area contributed by atoms with Crippen molar-refractivity contribution in [3.8, 4) is 5.69 Å². The first-order valence-electron chi connectivity index (χ1n) is 5.50. The second-order valence-corrected chi connectivity index (χ2v) is 4.07. The number of anilines is 1. The van der Waals surface area contributed by atoms with Gasteiger partial charge in [0, 0.05) is 0 Å². The third-order valence-corrected chi connectivity index (χ3v) is 2.75. The molecule has 0 saturated heterocycles. The van der Waals surface area contributed by atoms with Crippen molar-refractivity contribution in [2.45, 2.75) is 6.92 Å². The molecule has 1 aromatic heterocycles. The number of nitrogen functional groups attached to an aromatic ring is 1. The topological polar surface area (TPSA) is 70.1 Å². The number of esters is 1. The molecule has 19 heavy (non-hydrogen) atoms. The van der Waals surface area contributed by atoms with Crippen molar-refractivity contribution in [3.05, 3.63) is 41.1 Å². The summed E-state index contributed by atoms with van der Waals surface area (Å²) in [5, 5.41) is 0.166. The van der Waals surface area contributed by atoms with E-state index in [1.54, 1.807) is 6.92 Å². The lowest BCUT2D eigenvalue weighted by Gasteiger charge is -2.07. The zero-order valence-electron chi connectivity index (χ0n) is 10.1. The fourth-order valence-corrected chi connectivity index (χ4v) is 1.84. The number of hydrogen-bond acceptors (Lipinski definition) is 4.